The summed E-state index contributed by atoms with van der Waals surface area (Å²) in [4.78, 5) is 18.5. The first-order valence-corrected chi connectivity index (χ1v) is 9.87. The molecular formula is C18H24N4O2S. The Balaban J connectivity index is 1.56. The van der Waals surface area contributed by atoms with Crippen molar-refractivity contribution in [3.8, 4) is 0 Å². The number of aromatic nitrogens is 2. The van der Waals surface area contributed by atoms with Gasteiger partial charge in [0.25, 0.3) is 0 Å². The van der Waals surface area contributed by atoms with Crippen molar-refractivity contribution in [2.75, 3.05) is 19.4 Å². The molecule has 4 atom stereocenters. The van der Waals surface area contributed by atoms with Gasteiger partial charge in [-0.05, 0) is 50.6 Å². The monoisotopic (exact) mass is 360 g/mol. The number of aliphatic hydroxyl groups is 1. The molecule has 4 unspecified atom stereocenters. The minimum absolute atomic E-state index is 0.00524. The van der Waals surface area contributed by atoms with Crippen molar-refractivity contribution in [2.45, 2.75) is 30.3 Å². The Hall–Kier alpha value is -1.57. The van der Waals surface area contributed by atoms with Crippen LogP contribution in [0.4, 0.5) is 0 Å². The number of rotatable bonds is 5. The zero-order chi connectivity index (χ0) is 17.8. The van der Waals surface area contributed by atoms with Gasteiger partial charge in [0.15, 0.2) is 0 Å². The Morgan fingerprint density at radius 1 is 1.56 bits per heavy atom. The SMILES string of the molecule is CSc1cccn2c(C(C)(C)NC(=O)C3C4CNC(CO)C43)ncc12. The van der Waals surface area contributed by atoms with Crippen LogP contribution in [0.1, 0.15) is 19.7 Å². The average Bonchev–Trinajstić information content (AvgIpc) is 2.95. The van der Waals surface area contributed by atoms with E-state index >= 15 is 0 Å². The number of nitrogens with zero attached hydrogens (tertiary/aromatic N) is 2. The van der Waals surface area contributed by atoms with E-state index < -0.39 is 5.54 Å². The number of carbonyl (C=O) groups is 1. The van der Waals surface area contributed by atoms with Gasteiger partial charge in [0.05, 0.1) is 23.9 Å². The topological polar surface area (TPSA) is 78.7 Å². The highest BCUT2D eigenvalue weighted by atomic mass is 32.2. The molecule has 2 aromatic rings. The molecule has 1 saturated heterocycles. The predicted molar refractivity (Wildman–Crippen MR) is 97.5 cm³/mol. The summed E-state index contributed by atoms with van der Waals surface area (Å²) in [6.07, 6.45) is 5.90. The number of amides is 1. The summed E-state index contributed by atoms with van der Waals surface area (Å²) in [7, 11) is 0. The van der Waals surface area contributed by atoms with E-state index in [0.717, 1.165) is 22.8 Å². The van der Waals surface area contributed by atoms with Crippen molar-refractivity contribution in [2.24, 2.45) is 17.8 Å². The van der Waals surface area contributed by atoms with Gasteiger partial charge in [-0.3, -0.25) is 4.79 Å². The lowest BCUT2D eigenvalue weighted by Gasteiger charge is -2.26. The molecule has 134 valence electrons. The molecule has 4 rings (SSSR count). The van der Waals surface area contributed by atoms with Gasteiger partial charge in [0, 0.05) is 23.1 Å². The molecule has 1 aliphatic heterocycles. The molecule has 0 radical (unpaired) electrons. The number of piperidine rings is 1. The molecule has 2 aliphatic rings. The van der Waals surface area contributed by atoms with Crippen molar-refractivity contribution in [3.05, 3.63) is 30.4 Å². The van der Waals surface area contributed by atoms with E-state index in [1.807, 2.05) is 38.6 Å². The molecule has 3 heterocycles. The summed E-state index contributed by atoms with van der Waals surface area (Å²) >= 11 is 1.69. The molecule has 1 saturated carbocycles. The number of pyridine rings is 1. The highest BCUT2D eigenvalue weighted by molar-refractivity contribution is 7.98. The third-order valence-electron chi connectivity index (χ3n) is 5.56. The average molecular weight is 360 g/mol. The zero-order valence-electron chi connectivity index (χ0n) is 14.7. The molecule has 0 bridgehead atoms. The Kier molecular flexibility index (Phi) is 4.05. The first-order valence-electron chi connectivity index (χ1n) is 8.64. The van der Waals surface area contributed by atoms with Crippen molar-refractivity contribution < 1.29 is 9.90 Å². The lowest BCUT2D eigenvalue weighted by atomic mass is 10.0. The van der Waals surface area contributed by atoms with Crippen LogP contribution in [0.15, 0.2) is 29.4 Å². The minimum Gasteiger partial charge on any atom is -0.395 e. The number of hydrogen-bond acceptors (Lipinski definition) is 5. The van der Waals surface area contributed by atoms with E-state index in [-0.39, 0.29) is 30.4 Å². The maximum atomic E-state index is 12.8. The van der Waals surface area contributed by atoms with Gasteiger partial charge < -0.3 is 20.1 Å². The number of fused-ring (bicyclic) bond motifs is 2. The normalized spacial score (nSPS) is 28.2. The molecule has 6 nitrogen and oxygen atoms in total. The van der Waals surface area contributed by atoms with Crippen LogP contribution in [-0.4, -0.2) is 45.8 Å². The summed E-state index contributed by atoms with van der Waals surface area (Å²) < 4.78 is 2.05. The second kappa shape index (κ2) is 6.00. The molecule has 25 heavy (non-hydrogen) atoms. The number of aliphatic hydroxyl groups excluding tert-OH is 1. The van der Waals surface area contributed by atoms with Crippen molar-refractivity contribution >= 4 is 23.2 Å². The molecule has 0 aromatic carbocycles. The minimum atomic E-state index is -0.570. The van der Waals surface area contributed by atoms with Crippen molar-refractivity contribution in [1.29, 1.82) is 0 Å². The van der Waals surface area contributed by atoms with E-state index in [0.29, 0.717) is 5.92 Å². The van der Waals surface area contributed by atoms with Gasteiger partial charge >= 0.3 is 0 Å². The lowest BCUT2D eigenvalue weighted by molar-refractivity contribution is -0.125. The van der Waals surface area contributed by atoms with E-state index in [1.165, 1.54) is 0 Å². The van der Waals surface area contributed by atoms with Crippen LogP contribution < -0.4 is 10.6 Å². The fourth-order valence-electron chi connectivity index (χ4n) is 4.27. The standard InChI is InChI=1S/C18H24N4O2S/c1-18(2,17-20-8-12-13(25-3)5-4-6-22(12)17)21-16(24)15-10-7-19-11(9-23)14(10)15/h4-6,8,10-11,14-15,19,23H,7,9H2,1-3H3,(H,21,24). The molecule has 2 fully saturated rings. The van der Waals surface area contributed by atoms with Gasteiger partial charge in [-0.1, -0.05) is 0 Å². The summed E-state index contributed by atoms with van der Waals surface area (Å²) in [5, 5.41) is 15.9. The van der Waals surface area contributed by atoms with Gasteiger partial charge in [0.2, 0.25) is 5.91 Å². The van der Waals surface area contributed by atoms with Crippen LogP contribution in [0.25, 0.3) is 5.52 Å². The van der Waals surface area contributed by atoms with Crippen LogP contribution in [0.3, 0.4) is 0 Å². The smallest absolute Gasteiger partial charge is 0.224 e. The van der Waals surface area contributed by atoms with Crippen LogP contribution >= 0.6 is 11.8 Å². The van der Waals surface area contributed by atoms with Crippen molar-refractivity contribution in [1.82, 2.24) is 20.0 Å². The number of imidazole rings is 1. The van der Waals surface area contributed by atoms with Gasteiger partial charge in [-0.25, -0.2) is 4.98 Å². The Labute approximate surface area is 151 Å². The zero-order valence-corrected chi connectivity index (χ0v) is 15.5. The Morgan fingerprint density at radius 2 is 2.36 bits per heavy atom. The summed E-state index contributed by atoms with van der Waals surface area (Å²) in [6.45, 7) is 4.89. The van der Waals surface area contributed by atoms with Gasteiger partial charge in [-0.15, -0.1) is 11.8 Å². The van der Waals surface area contributed by atoms with E-state index in [2.05, 4.69) is 26.1 Å². The number of nitrogens with one attached hydrogen (secondary N) is 2. The molecule has 1 amide bonds. The number of carbonyl (C=O) groups excluding carboxylic acids is 1. The van der Waals surface area contributed by atoms with E-state index in [1.54, 1.807) is 11.8 Å². The molecule has 1 aliphatic carbocycles. The van der Waals surface area contributed by atoms with Gasteiger partial charge in [0.1, 0.15) is 5.82 Å². The molecule has 7 heteroatoms. The summed E-state index contributed by atoms with van der Waals surface area (Å²) in [5.41, 5.74) is 0.486. The third-order valence-corrected chi connectivity index (χ3v) is 6.34. The quantitative estimate of drug-likeness (QED) is 0.699. The third kappa shape index (κ3) is 2.65. The van der Waals surface area contributed by atoms with Crippen LogP contribution in [0.2, 0.25) is 0 Å². The highest BCUT2D eigenvalue weighted by Crippen LogP contribution is 2.52. The largest absolute Gasteiger partial charge is 0.395 e. The lowest BCUT2D eigenvalue weighted by Crippen LogP contribution is -2.45. The highest BCUT2D eigenvalue weighted by Gasteiger charge is 2.61. The second-order valence-electron chi connectivity index (χ2n) is 7.49. The second-order valence-corrected chi connectivity index (χ2v) is 8.34. The van der Waals surface area contributed by atoms with Crippen LogP contribution in [-0.2, 0) is 10.3 Å². The Morgan fingerprint density at radius 3 is 3.08 bits per heavy atom. The summed E-state index contributed by atoms with van der Waals surface area (Å²) in [6, 6.07) is 4.13. The molecular weight excluding hydrogens is 336 g/mol. The summed E-state index contributed by atoms with van der Waals surface area (Å²) in [5.74, 6) is 1.52. The fourth-order valence-corrected chi connectivity index (χ4v) is 4.84. The van der Waals surface area contributed by atoms with Gasteiger partial charge in [-0.2, -0.15) is 0 Å². The van der Waals surface area contributed by atoms with E-state index in [4.69, 9.17) is 0 Å². The molecule has 0 spiro atoms. The van der Waals surface area contributed by atoms with Crippen molar-refractivity contribution in [3.63, 3.8) is 0 Å². The number of thioether (sulfide) groups is 1. The van der Waals surface area contributed by atoms with E-state index in [9.17, 15) is 9.90 Å². The first-order chi connectivity index (χ1) is 12.0. The molecule has 2 aromatic heterocycles. The van der Waals surface area contributed by atoms with Crippen LogP contribution in [0, 0.1) is 17.8 Å². The molecule has 3 N–H and O–H groups in total. The maximum absolute atomic E-state index is 12.8. The first kappa shape index (κ1) is 16.9. The predicted octanol–water partition coefficient (Wildman–Crippen LogP) is 1.23. The fraction of sp³-hybridized carbons (Fsp3) is 0.556. The Bertz CT molecular complexity index is 819. The van der Waals surface area contributed by atoms with Crippen LogP contribution in [0.5, 0.6) is 0 Å². The maximum Gasteiger partial charge on any atom is 0.224 e. The number of hydrogen-bond donors (Lipinski definition) is 3.